The summed E-state index contributed by atoms with van der Waals surface area (Å²) in [5.41, 5.74) is 0. The number of aliphatic carboxylic acids is 1. The normalized spacial score (nSPS) is 13.2. The highest BCUT2D eigenvalue weighted by Gasteiger charge is 2.25. The summed E-state index contributed by atoms with van der Waals surface area (Å²) in [6.07, 6.45) is 65.8. The smallest absolute Gasteiger partial charge is 0.361 e. The van der Waals surface area contributed by atoms with Gasteiger partial charge >= 0.3 is 17.9 Å². The molecule has 0 spiro atoms. The van der Waals surface area contributed by atoms with Crippen LogP contribution in [0.15, 0.2) is 60.8 Å². The van der Waals surface area contributed by atoms with Gasteiger partial charge in [-0.1, -0.05) is 254 Å². The zero-order chi connectivity index (χ0) is 52.7. The van der Waals surface area contributed by atoms with Crippen molar-refractivity contribution >= 4 is 17.9 Å². The minimum absolute atomic E-state index is 0.183. The minimum atomic E-state index is -1.51. The van der Waals surface area contributed by atoms with Crippen molar-refractivity contribution in [2.24, 2.45) is 0 Å². The van der Waals surface area contributed by atoms with Crippen molar-refractivity contribution in [1.82, 2.24) is 0 Å². The predicted octanol–water partition coefficient (Wildman–Crippen LogP) is 17.6. The highest BCUT2D eigenvalue weighted by Crippen LogP contribution is 2.17. The number of likely N-dealkylation sites (N-methyl/N-ethyl adjacent to an activating group) is 1. The number of ether oxygens (including phenoxy) is 4. The molecule has 0 aliphatic heterocycles. The maximum Gasteiger partial charge on any atom is 0.361 e. The van der Waals surface area contributed by atoms with E-state index in [2.05, 4.69) is 74.6 Å². The molecule has 72 heavy (non-hydrogen) atoms. The predicted molar refractivity (Wildman–Crippen MR) is 304 cm³/mol. The van der Waals surface area contributed by atoms with E-state index >= 15 is 0 Å². The lowest BCUT2D eigenvalue weighted by atomic mass is 10.0. The van der Waals surface area contributed by atoms with Gasteiger partial charge in [0.05, 0.1) is 34.4 Å². The van der Waals surface area contributed by atoms with Gasteiger partial charge < -0.3 is 28.5 Å². The lowest BCUT2D eigenvalue weighted by Crippen LogP contribution is -2.40. The number of unbranched alkanes of at least 4 members (excludes halogenated alkanes) is 30. The highest BCUT2D eigenvalue weighted by atomic mass is 16.7. The third-order valence-electron chi connectivity index (χ3n) is 13.0. The van der Waals surface area contributed by atoms with Crippen LogP contribution < -0.4 is 0 Å². The molecule has 0 aromatic carbocycles. The molecule has 0 fully saturated rings. The van der Waals surface area contributed by atoms with Gasteiger partial charge in [0.1, 0.15) is 13.2 Å². The molecular weight excluding hydrogens is 899 g/mol. The van der Waals surface area contributed by atoms with Gasteiger partial charge in [0.2, 0.25) is 0 Å². The van der Waals surface area contributed by atoms with Crippen molar-refractivity contribution in [2.75, 3.05) is 47.5 Å². The lowest BCUT2D eigenvalue weighted by Gasteiger charge is -2.25. The van der Waals surface area contributed by atoms with Crippen molar-refractivity contribution < 1.29 is 42.9 Å². The van der Waals surface area contributed by atoms with Crippen molar-refractivity contribution in [3.05, 3.63) is 60.8 Å². The fourth-order valence-corrected chi connectivity index (χ4v) is 8.45. The van der Waals surface area contributed by atoms with E-state index in [-0.39, 0.29) is 32.2 Å². The van der Waals surface area contributed by atoms with Gasteiger partial charge in [0.25, 0.3) is 6.29 Å². The molecule has 2 unspecified atom stereocenters. The molecule has 0 amide bonds. The summed E-state index contributed by atoms with van der Waals surface area (Å²) < 4.78 is 22.9. The van der Waals surface area contributed by atoms with Crippen molar-refractivity contribution in [2.45, 2.75) is 277 Å². The van der Waals surface area contributed by atoms with E-state index in [1.54, 1.807) is 0 Å². The van der Waals surface area contributed by atoms with Crippen LogP contribution in [0.2, 0.25) is 0 Å². The van der Waals surface area contributed by atoms with E-state index in [0.29, 0.717) is 23.9 Å². The van der Waals surface area contributed by atoms with Gasteiger partial charge in [-0.2, -0.15) is 0 Å². The average molecular weight is 1010 g/mol. The number of nitrogens with zero attached hydrogens (tertiary/aromatic N) is 1. The topological polar surface area (TPSA) is 108 Å². The molecular formula is C63H114NO8+. The van der Waals surface area contributed by atoms with Crippen LogP contribution in [0.25, 0.3) is 0 Å². The Morgan fingerprint density at radius 1 is 0.431 bits per heavy atom. The molecule has 2 atom stereocenters. The second-order valence-electron chi connectivity index (χ2n) is 21.3. The summed E-state index contributed by atoms with van der Waals surface area (Å²) in [5, 5.41) is 9.71. The molecule has 0 aliphatic rings. The molecule has 0 saturated heterocycles. The van der Waals surface area contributed by atoms with Gasteiger partial charge in [-0.15, -0.1) is 0 Å². The van der Waals surface area contributed by atoms with E-state index in [1.165, 1.54) is 154 Å². The number of esters is 2. The Morgan fingerprint density at radius 3 is 1.18 bits per heavy atom. The van der Waals surface area contributed by atoms with Crippen LogP contribution in [0.5, 0.6) is 0 Å². The van der Waals surface area contributed by atoms with Gasteiger partial charge in [0.15, 0.2) is 6.10 Å². The first kappa shape index (κ1) is 69.0. The molecule has 0 aromatic heterocycles. The Hall–Kier alpha value is -3.01. The van der Waals surface area contributed by atoms with Crippen LogP contribution in [0.3, 0.4) is 0 Å². The molecule has 9 heteroatoms. The number of carboxylic acids is 1. The molecule has 9 nitrogen and oxygen atoms in total. The van der Waals surface area contributed by atoms with E-state index < -0.39 is 24.3 Å². The van der Waals surface area contributed by atoms with E-state index in [9.17, 15) is 19.5 Å². The number of allylic oxidation sites excluding steroid dienone is 10. The fraction of sp³-hybridized carbons (Fsp3) is 0.794. The van der Waals surface area contributed by atoms with Gasteiger partial charge in [-0.3, -0.25) is 9.59 Å². The summed E-state index contributed by atoms with van der Waals surface area (Å²) >= 11 is 0. The van der Waals surface area contributed by atoms with Crippen molar-refractivity contribution in [3.8, 4) is 0 Å². The van der Waals surface area contributed by atoms with Crippen LogP contribution in [0.4, 0.5) is 0 Å². The van der Waals surface area contributed by atoms with E-state index in [0.717, 1.165) is 77.0 Å². The molecule has 1 N–H and O–H groups in total. The second-order valence-corrected chi connectivity index (χ2v) is 21.3. The number of carbonyl (C=O) groups is 3. The van der Waals surface area contributed by atoms with Crippen molar-refractivity contribution in [3.63, 3.8) is 0 Å². The summed E-state index contributed by atoms with van der Waals surface area (Å²) in [6.45, 7) is 4.79. The van der Waals surface area contributed by atoms with Crippen LogP contribution >= 0.6 is 0 Å². The highest BCUT2D eigenvalue weighted by molar-refractivity contribution is 5.71. The molecule has 0 aromatic rings. The zero-order valence-electron chi connectivity index (χ0n) is 47.6. The van der Waals surface area contributed by atoms with Gasteiger partial charge in [-0.25, -0.2) is 4.79 Å². The first-order valence-electron chi connectivity index (χ1n) is 30.0. The maximum absolute atomic E-state index is 12.9. The molecule has 0 saturated carbocycles. The van der Waals surface area contributed by atoms with Crippen LogP contribution in [-0.4, -0.2) is 87.4 Å². The summed E-state index contributed by atoms with van der Waals surface area (Å²) in [4.78, 5) is 37.5. The number of quaternary nitrogens is 1. The van der Waals surface area contributed by atoms with Crippen LogP contribution in [-0.2, 0) is 33.3 Å². The quantitative estimate of drug-likeness (QED) is 0.0211. The number of rotatable bonds is 55. The summed E-state index contributed by atoms with van der Waals surface area (Å²) in [6, 6.07) is 0. The molecule has 0 heterocycles. The average Bonchev–Trinajstić information content (AvgIpc) is 3.35. The molecule has 0 bridgehead atoms. The summed E-state index contributed by atoms with van der Waals surface area (Å²) in [5.74, 6) is -2.00. The van der Waals surface area contributed by atoms with Crippen molar-refractivity contribution in [1.29, 1.82) is 0 Å². The fourth-order valence-electron chi connectivity index (χ4n) is 8.45. The number of carbonyl (C=O) groups excluding carboxylic acids is 2. The third-order valence-corrected chi connectivity index (χ3v) is 13.0. The number of hydrogen-bond donors (Lipinski definition) is 1. The monoisotopic (exact) mass is 1010 g/mol. The van der Waals surface area contributed by atoms with E-state index in [1.807, 2.05) is 21.1 Å². The second kappa shape index (κ2) is 54.3. The SMILES string of the molecule is CC/C=C\C/C=C\C/C=C\C/C=C\C/C=C\CCCCCCCCCCCC(=O)OC(COC(=O)CCCCCCCCCCCCCCCCCCCCCCCC)COC(OCC[N+](C)(C)C)C(=O)O. The minimum Gasteiger partial charge on any atom is -0.477 e. The Balaban J connectivity index is 4.23. The number of carboxylic acid groups (broad SMARTS) is 1. The summed E-state index contributed by atoms with van der Waals surface area (Å²) in [7, 11) is 5.97. The molecule has 0 aliphatic carbocycles. The van der Waals surface area contributed by atoms with Crippen LogP contribution in [0.1, 0.15) is 264 Å². The zero-order valence-corrected chi connectivity index (χ0v) is 47.6. The molecule has 0 rings (SSSR count). The molecule has 0 radical (unpaired) electrons. The lowest BCUT2D eigenvalue weighted by molar-refractivity contribution is -0.870. The van der Waals surface area contributed by atoms with Gasteiger partial charge in [0, 0.05) is 12.8 Å². The Kier molecular flexibility index (Phi) is 52.0. The first-order valence-corrected chi connectivity index (χ1v) is 30.0. The first-order chi connectivity index (χ1) is 35.1. The van der Waals surface area contributed by atoms with E-state index in [4.69, 9.17) is 18.9 Å². The van der Waals surface area contributed by atoms with Gasteiger partial charge in [-0.05, 0) is 57.8 Å². The maximum atomic E-state index is 12.9. The standard InChI is InChI=1S/C63H113NO8/c1-6-8-10-12-14-16-18-20-22-24-26-28-30-31-32-34-36-38-40-42-44-46-48-50-52-54-61(66)72-59(58-71-63(62(67)68)69-56-55-64(3,4)5)57-70-60(65)53-51-49-47-45-43-41-39-37-35-33-29-27-25-23-21-19-17-15-13-11-9-7-2/h8,10,14,16,20,22,26,28,31-32,59,63H,6-7,9,11-13,15,17-19,21,23-25,27,29-30,33-58H2,1-5H3/p+1/b10-8-,16-14-,22-20-,28-26-,32-31-. The molecule has 418 valence electrons. The third kappa shape index (κ3) is 54.8. The Morgan fingerprint density at radius 2 is 0.792 bits per heavy atom. The Bertz CT molecular complexity index is 1360. The number of hydrogen-bond acceptors (Lipinski definition) is 7. The van der Waals surface area contributed by atoms with Crippen LogP contribution in [0, 0.1) is 0 Å². The largest absolute Gasteiger partial charge is 0.477 e. The Labute approximate surface area is 444 Å².